The predicted molar refractivity (Wildman–Crippen MR) is 113 cm³/mol. The molecule has 1 heterocycles. The fourth-order valence-corrected chi connectivity index (χ4v) is 3.66. The van der Waals surface area contributed by atoms with Crippen LogP contribution in [0.15, 0.2) is 60.7 Å². The van der Waals surface area contributed by atoms with Crippen molar-refractivity contribution in [3.63, 3.8) is 0 Å². The highest BCUT2D eigenvalue weighted by Gasteiger charge is 2.26. The second kappa shape index (κ2) is 8.03. The van der Waals surface area contributed by atoms with Crippen molar-refractivity contribution in [1.82, 2.24) is 4.90 Å². The summed E-state index contributed by atoms with van der Waals surface area (Å²) in [7, 11) is 3.47. The minimum Gasteiger partial charge on any atom is -0.497 e. The van der Waals surface area contributed by atoms with Gasteiger partial charge in [0.1, 0.15) is 12.4 Å². The topological polar surface area (TPSA) is 48.0 Å². The van der Waals surface area contributed by atoms with Gasteiger partial charge in [0.2, 0.25) is 5.91 Å². The minimum absolute atomic E-state index is 0.0559. The molecule has 0 unspecified atom stereocenters. The first kappa shape index (κ1) is 19.1. The van der Waals surface area contributed by atoms with Crippen LogP contribution < -0.4 is 14.2 Å². The van der Waals surface area contributed by atoms with E-state index in [0.29, 0.717) is 13.2 Å². The van der Waals surface area contributed by atoms with Crippen LogP contribution in [0.3, 0.4) is 0 Å². The van der Waals surface area contributed by atoms with Gasteiger partial charge in [-0.15, -0.1) is 0 Å². The lowest BCUT2D eigenvalue weighted by Crippen LogP contribution is -2.43. The summed E-state index contributed by atoms with van der Waals surface area (Å²) >= 11 is 0. The summed E-state index contributed by atoms with van der Waals surface area (Å²) in [4.78, 5) is 14.7. The zero-order valence-electron chi connectivity index (χ0n) is 16.9. The average molecular weight is 391 g/mol. The molecular formula is C24H25NO4. The number of benzene rings is 3. The smallest absolute Gasteiger partial charge is 0.229 e. The fraction of sp³-hybridized carbons (Fsp3) is 0.292. The standard InChI is InChI=1S/C24H25NO4/c1-16(17-8-9-19-13-20(27-3)11-10-18(19)12-17)24(26)25(2)14-21-15-28-22-6-4-5-7-23(22)29-21/h4-13,16,21H,14-15H2,1-3H3/t16-,21+/m1/s1. The van der Waals surface area contributed by atoms with Crippen LogP contribution in [0.25, 0.3) is 10.8 Å². The van der Waals surface area contributed by atoms with Crippen LogP contribution >= 0.6 is 0 Å². The Morgan fingerprint density at radius 3 is 2.62 bits per heavy atom. The molecule has 0 spiro atoms. The number of rotatable bonds is 5. The van der Waals surface area contributed by atoms with Crippen molar-refractivity contribution in [3.8, 4) is 17.2 Å². The lowest BCUT2D eigenvalue weighted by Gasteiger charge is -2.30. The average Bonchev–Trinajstić information content (AvgIpc) is 2.77. The SMILES string of the molecule is COc1ccc2cc([C@@H](C)C(=O)N(C)C[C@H]3COc4ccccc4O3)ccc2c1. The van der Waals surface area contributed by atoms with Gasteiger partial charge >= 0.3 is 0 Å². The number of carbonyl (C=O) groups is 1. The van der Waals surface area contributed by atoms with Gasteiger partial charge in [0.05, 0.1) is 19.6 Å². The normalized spacial score (nSPS) is 16.3. The Balaban J connectivity index is 1.44. The molecule has 0 N–H and O–H groups in total. The quantitative estimate of drug-likeness (QED) is 0.652. The summed E-state index contributed by atoms with van der Waals surface area (Å²) in [6.45, 7) is 2.85. The van der Waals surface area contributed by atoms with E-state index in [9.17, 15) is 4.79 Å². The van der Waals surface area contributed by atoms with Crippen molar-refractivity contribution in [3.05, 3.63) is 66.2 Å². The van der Waals surface area contributed by atoms with Crippen LogP contribution in [-0.4, -0.2) is 44.2 Å². The number of ether oxygens (including phenoxy) is 3. The molecule has 0 bridgehead atoms. The van der Waals surface area contributed by atoms with Gasteiger partial charge in [0, 0.05) is 7.05 Å². The molecule has 0 fully saturated rings. The minimum atomic E-state index is -0.247. The van der Waals surface area contributed by atoms with Gasteiger partial charge in [-0.1, -0.05) is 36.4 Å². The third-order valence-electron chi connectivity index (χ3n) is 5.36. The van der Waals surface area contributed by atoms with Crippen LogP contribution in [0.1, 0.15) is 18.4 Å². The number of likely N-dealkylation sites (N-methyl/N-ethyl adjacent to an activating group) is 1. The highest BCUT2D eigenvalue weighted by Crippen LogP contribution is 2.31. The Kier molecular flexibility index (Phi) is 5.30. The van der Waals surface area contributed by atoms with Crippen molar-refractivity contribution in [2.24, 2.45) is 0 Å². The Morgan fingerprint density at radius 1 is 1.10 bits per heavy atom. The molecule has 0 aliphatic carbocycles. The number of hydrogen-bond donors (Lipinski definition) is 0. The van der Waals surface area contributed by atoms with Gasteiger partial charge in [0.25, 0.3) is 0 Å². The molecule has 1 amide bonds. The van der Waals surface area contributed by atoms with Crippen LogP contribution in [0, 0.1) is 0 Å². The number of carbonyl (C=O) groups excluding carboxylic acids is 1. The van der Waals surface area contributed by atoms with Crippen LogP contribution in [0.4, 0.5) is 0 Å². The van der Waals surface area contributed by atoms with E-state index < -0.39 is 0 Å². The van der Waals surface area contributed by atoms with E-state index in [1.807, 2.05) is 68.6 Å². The van der Waals surface area contributed by atoms with Gasteiger partial charge < -0.3 is 19.1 Å². The van der Waals surface area contributed by atoms with Gasteiger partial charge in [-0.3, -0.25) is 4.79 Å². The summed E-state index contributed by atoms with van der Waals surface area (Å²) in [5.74, 6) is 2.11. The largest absolute Gasteiger partial charge is 0.497 e. The fourth-order valence-electron chi connectivity index (χ4n) is 3.66. The third-order valence-corrected chi connectivity index (χ3v) is 5.36. The molecule has 5 heteroatoms. The molecule has 2 atom stereocenters. The van der Waals surface area contributed by atoms with E-state index in [1.165, 1.54) is 0 Å². The maximum atomic E-state index is 13.0. The zero-order valence-corrected chi connectivity index (χ0v) is 16.9. The van der Waals surface area contributed by atoms with Gasteiger partial charge in [0.15, 0.2) is 17.6 Å². The second-order valence-electron chi connectivity index (χ2n) is 7.41. The number of fused-ring (bicyclic) bond motifs is 2. The summed E-state index contributed by atoms with van der Waals surface area (Å²) < 4.78 is 17.0. The Morgan fingerprint density at radius 2 is 1.83 bits per heavy atom. The molecule has 0 radical (unpaired) electrons. The number of amides is 1. The number of para-hydroxylation sites is 2. The molecule has 3 aromatic carbocycles. The van der Waals surface area contributed by atoms with Gasteiger partial charge in [-0.05, 0) is 47.5 Å². The maximum Gasteiger partial charge on any atom is 0.229 e. The molecule has 4 rings (SSSR count). The predicted octanol–water partition coefficient (Wildman–Crippen LogP) is 4.25. The first-order chi connectivity index (χ1) is 14.0. The summed E-state index contributed by atoms with van der Waals surface area (Å²) in [5.41, 5.74) is 0.991. The van der Waals surface area contributed by atoms with E-state index in [-0.39, 0.29) is 17.9 Å². The highest BCUT2D eigenvalue weighted by atomic mass is 16.6. The molecular weight excluding hydrogens is 366 g/mol. The van der Waals surface area contributed by atoms with Crippen LogP contribution in [0.5, 0.6) is 17.2 Å². The molecule has 0 saturated heterocycles. The lowest BCUT2D eigenvalue weighted by atomic mass is 9.96. The van der Waals surface area contributed by atoms with Crippen molar-refractivity contribution in [2.45, 2.75) is 18.9 Å². The van der Waals surface area contributed by atoms with Crippen molar-refractivity contribution in [2.75, 3.05) is 27.3 Å². The zero-order chi connectivity index (χ0) is 20.4. The number of methoxy groups -OCH3 is 1. The molecule has 1 aliphatic rings. The number of hydrogen-bond acceptors (Lipinski definition) is 4. The second-order valence-corrected chi connectivity index (χ2v) is 7.41. The van der Waals surface area contributed by atoms with E-state index in [4.69, 9.17) is 14.2 Å². The first-order valence-corrected chi connectivity index (χ1v) is 9.76. The molecule has 0 aromatic heterocycles. The molecule has 1 aliphatic heterocycles. The van der Waals surface area contributed by atoms with Crippen molar-refractivity contribution >= 4 is 16.7 Å². The van der Waals surface area contributed by atoms with Crippen molar-refractivity contribution in [1.29, 1.82) is 0 Å². The van der Waals surface area contributed by atoms with E-state index in [2.05, 4.69) is 6.07 Å². The summed E-state index contributed by atoms with van der Waals surface area (Å²) in [6, 6.07) is 19.7. The third kappa shape index (κ3) is 3.99. The Hall–Kier alpha value is -3.21. The summed E-state index contributed by atoms with van der Waals surface area (Å²) in [6.07, 6.45) is -0.185. The van der Waals surface area contributed by atoms with E-state index in [0.717, 1.165) is 33.6 Å². The Bertz CT molecular complexity index is 1030. The lowest BCUT2D eigenvalue weighted by molar-refractivity contribution is -0.132. The summed E-state index contributed by atoms with van der Waals surface area (Å²) in [5, 5.41) is 2.18. The first-order valence-electron chi connectivity index (χ1n) is 9.76. The van der Waals surface area contributed by atoms with Crippen LogP contribution in [-0.2, 0) is 4.79 Å². The Labute approximate surface area is 170 Å². The van der Waals surface area contributed by atoms with Crippen molar-refractivity contribution < 1.29 is 19.0 Å². The molecule has 5 nitrogen and oxygen atoms in total. The number of nitrogens with zero attached hydrogens (tertiary/aromatic N) is 1. The molecule has 0 saturated carbocycles. The molecule has 150 valence electrons. The monoisotopic (exact) mass is 391 g/mol. The van der Waals surface area contributed by atoms with Crippen LogP contribution in [0.2, 0.25) is 0 Å². The maximum absolute atomic E-state index is 13.0. The van der Waals surface area contributed by atoms with E-state index in [1.54, 1.807) is 12.0 Å². The van der Waals surface area contributed by atoms with E-state index >= 15 is 0 Å². The molecule has 29 heavy (non-hydrogen) atoms. The molecule has 3 aromatic rings. The highest BCUT2D eigenvalue weighted by molar-refractivity contribution is 5.88. The van der Waals surface area contributed by atoms with Gasteiger partial charge in [-0.25, -0.2) is 0 Å². The van der Waals surface area contributed by atoms with Gasteiger partial charge in [-0.2, -0.15) is 0 Å².